The molecule has 2 aromatic carbocycles. The van der Waals surface area contributed by atoms with E-state index < -0.39 is 0 Å². The van der Waals surface area contributed by atoms with Crippen molar-refractivity contribution in [1.82, 2.24) is 15.6 Å². The van der Waals surface area contributed by atoms with Crippen LogP contribution in [0, 0.1) is 0 Å². The standard InChI is InChI=1S/C21H23N3O3S/c1-26-20(27-2)13-23-21(28)22-12-14-8-9-18-17(10-14)16(11-19(25)24-18)15-6-4-3-5-7-15/h3-11,20H,12-13H2,1-2H3,(H,24,25)(H2,22,23,28). The monoisotopic (exact) mass is 397 g/mol. The molecule has 0 saturated heterocycles. The molecule has 6 nitrogen and oxygen atoms in total. The molecule has 0 saturated carbocycles. The molecule has 1 heterocycles. The highest BCUT2D eigenvalue weighted by Crippen LogP contribution is 2.26. The zero-order valence-corrected chi connectivity index (χ0v) is 16.6. The van der Waals surface area contributed by atoms with Gasteiger partial charge in [0, 0.05) is 37.7 Å². The fraction of sp³-hybridized carbons (Fsp3) is 0.238. The minimum atomic E-state index is -0.356. The Bertz CT molecular complexity index is 1000. The van der Waals surface area contributed by atoms with Crippen LogP contribution < -0.4 is 16.2 Å². The summed E-state index contributed by atoms with van der Waals surface area (Å²) in [6, 6.07) is 17.5. The van der Waals surface area contributed by atoms with E-state index in [1.807, 2.05) is 42.5 Å². The number of pyridine rings is 1. The lowest BCUT2D eigenvalue weighted by molar-refractivity contribution is -0.0965. The number of H-pyrrole nitrogens is 1. The summed E-state index contributed by atoms with van der Waals surface area (Å²) in [6.45, 7) is 1.01. The Labute approximate surface area is 168 Å². The molecule has 0 amide bonds. The largest absolute Gasteiger partial charge is 0.359 e. The SMILES string of the molecule is COC(CNC(=S)NCc1ccc2[nH]c(=O)cc(-c3ccccc3)c2c1)OC. The first-order valence-corrected chi connectivity index (χ1v) is 9.30. The number of rotatable bonds is 7. The van der Waals surface area contributed by atoms with Gasteiger partial charge in [-0.05, 0) is 41.0 Å². The Morgan fingerprint density at radius 1 is 1.07 bits per heavy atom. The molecule has 7 heteroatoms. The van der Waals surface area contributed by atoms with Crippen molar-refractivity contribution in [2.75, 3.05) is 20.8 Å². The smallest absolute Gasteiger partial charge is 0.249 e. The maximum atomic E-state index is 12.0. The average Bonchev–Trinajstić information content (AvgIpc) is 2.73. The molecule has 0 spiro atoms. The first-order chi connectivity index (χ1) is 13.6. The van der Waals surface area contributed by atoms with Crippen LogP contribution in [0.2, 0.25) is 0 Å². The van der Waals surface area contributed by atoms with E-state index in [9.17, 15) is 4.79 Å². The van der Waals surface area contributed by atoms with Crippen LogP contribution in [-0.4, -0.2) is 37.2 Å². The van der Waals surface area contributed by atoms with Gasteiger partial charge in [0.15, 0.2) is 11.4 Å². The second-order valence-corrected chi connectivity index (χ2v) is 6.67. The Morgan fingerprint density at radius 3 is 2.54 bits per heavy atom. The molecule has 0 atom stereocenters. The lowest BCUT2D eigenvalue weighted by Gasteiger charge is -2.16. The fourth-order valence-corrected chi connectivity index (χ4v) is 3.11. The van der Waals surface area contributed by atoms with Gasteiger partial charge in [0.2, 0.25) is 5.56 Å². The summed E-state index contributed by atoms with van der Waals surface area (Å²) in [5.41, 5.74) is 3.65. The number of thiocarbonyl (C=S) groups is 1. The normalized spacial score (nSPS) is 11.0. The van der Waals surface area contributed by atoms with Crippen LogP contribution in [-0.2, 0) is 16.0 Å². The van der Waals surface area contributed by atoms with E-state index in [2.05, 4.69) is 21.7 Å². The molecular formula is C21H23N3O3S. The number of fused-ring (bicyclic) bond motifs is 1. The fourth-order valence-electron chi connectivity index (χ4n) is 2.95. The van der Waals surface area contributed by atoms with Crippen LogP contribution >= 0.6 is 12.2 Å². The minimum Gasteiger partial charge on any atom is -0.359 e. The molecule has 3 aromatic rings. The average molecular weight is 398 g/mol. The topological polar surface area (TPSA) is 75.4 Å². The van der Waals surface area contributed by atoms with Crippen LogP contribution in [0.4, 0.5) is 0 Å². The van der Waals surface area contributed by atoms with Gasteiger partial charge in [-0.15, -0.1) is 0 Å². The Morgan fingerprint density at radius 2 is 1.82 bits per heavy atom. The van der Waals surface area contributed by atoms with Gasteiger partial charge in [-0.2, -0.15) is 0 Å². The third-order valence-electron chi connectivity index (χ3n) is 4.40. The highest BCUT2D eigenvalue weighted by atomic mass is 32.1. The Kier molecular flexibility index (Phi) is 6.76. The molecule has 0 aliphatic carbocycles. The van der Waals surface area contributed by atoms with Crippen molar-refractivity contribution in [2.24, 2.45) is 0 Å². The van der Waals surface area contributed by atoms with Gasteiger partial charge in [-0.3, -0.25) is 4.79 Å². The van der Waals surface area contributed by atoms with Crippen LogP contribution in [0.25, 0.3) is 22.0 Å². The molecule has 3 rings (SSSR count). The molecule has 0 fully saturated rings. The number of hydrogen-bond acceptors (Lipinski definition) is 4. The predicted molar refractivity (Wildman–Crippen MR) is 115 cm³/mol. The number of ether oxygens (including phenoxy) is 2. The number of aromatic nitrogens is 1. The number of nitrogens with one attached hydrogen (secondary N) is 3. The highest BCUT2D eigenvalue weighted by molar-refractivity contribution is 7.80. The maximum absolute atomic E-state index is 12.0. The number of methoxy groups -OCH3 is 2. The zero-order valence-electron chi connectivity index (χ0n) is 15.8. The van der Waals surface area contributed by atoms with Gasteiger partial charge in [0.1, 0.15) is 0 Å². The molecule has 146 valence electrons. The van der Waals surface area contributed by atoms with Crippen molar-refractivity contribution in [2.45, 2.75) is 12.8 Å². The van der Waals surface area contributed by atoms with E-state index >= 15 is 0 Å². The van der Waals surface area contributed by atoms with E-state index in [1.54, 1.807) is 20.3 Å². The quantitative estimate of drug-likeness (QED) is 0.421. The third-order valence-corrected chi connectivity index (χ3v) is 4.69. The van der Waals surface area contributed by atoms with Crippen molar-refractivity contribution in [3.05, 3.63) is 70.5 Å². The Balaban J connectivity index is 1.77. The summed E-state index contributed by atoms with van der Waals surface area (Å²) in [7, 11) is 3.16. The molecule has 3 N–H and O–H groups in total. The molecule has 1 aromatic heterocycles. The van der Waals surface area contributed by atoms with Gasteiger partial charge in [0.05, 0.1) is 6.54 Å². The maximum Gasteiger partial charge on any atom is 0.249 e. The highest BCUT2D eigenvalue weighted by Gasteiger charge is 2.08. The van der Waals surface area contributed by atoms with E-state index in [4.69, 9.17) is 21.7 Å². The molecule has 0 unspecified atom stereocenters. The van der Waals surface area contributed by atoms with Gasteiger partial charge in [-0.25, -0.2) is 0 Å². The summed E-state index contributed by atoms with van der Waals surface area (Å²) in [5, 5.41) is 7.74. The number of hydrogen-bond donors (Lipinski definition) is 3. The van der Waals surface area contributed by atoms with Crippen molar-refractivity contribution in [3.63, 3.8) is 0 Å². The summed E-state index contributed by atoms with van der Waals surface area (Å²) < 4.78 is 10.2. The van der Waals surface area contributed by atoms with Crippen LogP contribution in [0.15, 0.2) is 59.4 Å². The molecule has 0 bridgehead atoms. The number of benzene rings is 2. The summed E-state index contributed by atoms with van der Waals surface area (Å²) in [5.74, 6) is 0. The third kappa shape index (κ3) is 4.95. The van der Waals surface area contributed by atoms with Gasteiger partial charge >= 0.3 is 0 Å². The predicted octanol–water partition coefficient (Wildman–Crippen LogP) is 2.78. The minimum absolute atomic E-state index is 0.117. The van der Waals surface area contributed by atoms with Crippen molar-refractivity contribution >= 4 is 28.2 Å². The summed E-state index contributed by atoms with van der Waals surface area (Å²) in [6.07, 6.45) is -0.356. The molecule has 28 heavy (non-hydrogen) atoms. The first kappa shape index (κ1) is 20.0. The second kappa shape index (κ2) is 9.45. The van der Waals surface area contributed by atoms with Gasteiger partial charge in [-0.1, -0.05) is 36.4 Å². The molecule has 0 aliphatic rings. The van der Waals surface area contributed by atoms with Gasteiger partial charge in [0.25, 0.3) is 0 Å². The van der Waals surface area contributed by atoms with Crippen molar-refractivity contribution in [3.8, 4) is 11.1 Å². The number of aromatic amines is 1. The molecule has 0 radical (unpaired) electrons. The van der Waals surface area contributed by atoms with Crippen molar-refractivity contribution in [1.29, 1.82) is 0 Å². The van der Waals surface area contributed by atoms with E-state index in [0.29, 0.717) is 18.2 Å². The van der Waals surface area contributed by atoms with Gasteiger partial charge < -0.3 is 25.1 Å². The Hall–Kier alpha value is -2.74. The van der Waals surface area contributed by atoms with E-state index in [1.165, 1.54) is 0 Å². The molecular weight excluding hydrogens is 374 g/mol. The van der Waals surface area contributed by atoms with E-state index in [0.717, 1.165) is 27.6 Å². The van der Waals surface area contributed by atoms with Crippen LogP contribution in [0.3, 0.4) is 0 Å². The summed E-state index contributed by atoms with van der Waals surface area (Å²) in [4.78, 5) is 14.9. The van der Waals surface area contributed by atoms with Crippen LogP contribution in [0.1, 0.15) is 5.56 Å². The summed E-state index contributed by atoms with van der Waals surface area (Å²) >= 11 is 5.30. The molecule has 0 aliphatic heterocycles. The lowest BCUT2D eigenvalue weighted by Crippen LogP contribution is -2.40. The van der Waals surface area contributed by atoms with E-state index in [-0.39, 0.29) is 11.8 Å². The zero-order chi connectivity index (χ0) is 19.9. The van der Waals surface area contributed by atoms with Crippen molar-refractivity contribution < 1.29 is 9.47 Å². The second-order valence-electron chi connectivity index (χ2n) is 6.26. The van der Waals surface area contributed by atoms with Crippen LogP contribution in [0.5, 0.6) is 0 Å². The first-order valence-electron chi connectivity index (χ1n) is 8.89. The lowest BCUT2D eigenvalue weighted by atomic mass is 10.00.